The summed E-state index contributed by atoms with van der Waals surface area (Å²) < 4.78 is 0. The van der Waals surface area contributed by atoms with E-state index in [2.05, 4.69) is 42.6 Å². The number of nitrogens with one attached hydrogen (secondary N) is 1. The fourth-order valence-corrected chi connectivity index (χ4v) is 2.16. The minimum Gasteiger partial charge on any atom is -0.380 e. The quantitative estimate of drug-likeness (QED) is 0.830. The Bertz CT molecular complexity index is 517. The minimum absolute atomic E-state index is 0.778. The fourth-order valence-electron chi connectivity index (χ4n) is 1.85. The molecule has 94 valence electrons. The number of benzene rings is 2. The van der Waals surface area contributed by atoms with Crippen molar-refractivity contribution in [3.63, 3.8) is 0 Å². The van der Waals surface area contributed by atoms with Crippen molar-refractivity contribution in [3.8, 4) is 0 Å². The summed E-state index contributed by atoms with van der Waals surface area (Å²) in [5, 5.41) is 4.14. The highest BCUT2D eigenvalue weighted by molar-refractivity contribution is 6.33. The first kappa shape index (κ1) is 13.0. The first-order valence-electron chi connectivity index (χ1n) is 6.27. The summed E-state index contributed by atoms with van der Waals surface area (Å²) in [6.07, 6.45) is 1.08. The van der Waals surface area contributed by atoms with Gasteiger partial charge in [-0.25, -0.2) is 0 Å². The van der Waals surface area contributed by atoms with Crippen LogP contribution in [-0.4, -0.2) is 0 Å². The van der Waals surface area contributed by atoms with Crippen LogP contribution in [0.3, 0.4) is 0 Å². The molecule has 2 heteroatoms. The Labute approximate surface area is 114 Å². The van der Waals surface area contributed by atoms with Crippen molar-refractivity contribution in [2.75, 3.05) is 5.32 Å². The van der Waals surface area contributed by atoms with Gasteiger partial charge in [0, 0.05) is 6.54 Å². The maximum Gasteiger partial charge on any atom is 0.0640 e. The van der Waals surface area contributed by atoms with Crippen LogP contribution in [0.4, 0.5) is 5.69 Å². The number of hydrogen-bond acceptors (Lipinski definition) is 1. The molecule has 0 aliphatic rings. The summed E-state index contributed by atoms with van der Waals surface area (Å²) in [5.41, 5.74) is 4.80. The van der Waals surface area contributed by atoms with Gasteiger partial charge >= 0.3 is 0 Å². The van der Waals surface area contributed by atoms with Gasteiger partial charge in [-0.3, -0.25) is 0 Å². The lowest BCUT2D eigenvalue weighted by molar-refractivity contribution is 1.11. The van der Waals surface area contributed by atoms with Crippen LogP contribution in [0.1, 0.15) is 23.6 Å². The molecular weight excluding hydrogens is 242 g/mol. The molecule has 2 rings (SSSR count). The smallest absolute Gasteiger partial charge is 0.0640 e. The molecule has 0 atom stereocenters. The van der Waals surface area contributed by atoms with E-state index < -0.39 is 0 Å². The number of aryl methyl sites for hydroxylation is 2. The average molecular weight is 260 g/mol. The first-order chi connectivity index (χ1) is 8.69. The van der Waals surface area contributed by atoms with Gasteiger partial charge in [-0.2, -0.15) is 0 Å². The summed E-state index contributed by atoms with van der Waals surface area (Å²) in [6, 6.07) is 14.7. The normalized spacial score (nSPS) is 10.4. The molecule has 0 saturated carbocycles. The molecule has 1 nitrogen and oxygen atoms in total. The SMILES string of the molecule is CCc1ccc(CNc2ccc(C)cc2Cl)cc1. The van der Waals surface area contributed by atoms with E-state index >= 15 is 0 Å². The Morgan fingerprint density at radius 3 is 2.28 bits per heavy atom. The third-order valence-corrected chi connectivity index (χ3v) is 3.35. The summed E-state index contributed by atoms with van der Waals surface area (Å²) in [6.45, 7) is 5.01. The van der Waals surface area contributed by atoms with Gasteiger partial charge in [-0.1, -0.05) is 48.9 Å². The van der Waals surface area contributed by atoms with Crippen LogP contribution in [0.25, 0.3) is 0 Å². The molecule has 0 unspecified atom stereocenters. The highest BCUT2D eigenvalue weighted by atomic mass is 35.5. The number of hydrogen-bond donors (Lipinski definition) is 1. The van der Waals surface area contributed by atoms with E-state index in [1.165, 1.54) is 16.7 Å². The van der Waals surface area contributed by atoms with Gasteiger partial charge in [0.05, 0.1) is 10.7 Å². The molecule has 0 heterocycles. The molecule has 18 heavy (non-hydrogen) atoms. The van der Waals surface area contributed by atoms with Gasteiger partial charge in [0.1, 0.15) is 0 Å². The molecule has 2 aromatic rings. The maximum atomic E-state index is 6.18. The largest absolute Gasteiger partial charge is 0.380 e. The standard InChI is InChI=1S/C16H18ClN/c1-3-13-5-7-14(8-6-13)11-18-16-9-4-12(2)10-15(16)17/h4-10,18H,3,11H2,1-2H3. The van der Waals surface area contributed by atoms with Crippen LogP contribution >= 0.6 is 11.6 Å². The molecule has 0 aliphatic heterocycles. The Morgan fingerprint density at radius 1 is 1.00 bits per heavy atom. The third-order valence-electron chi connectivity index (χ3n) is 3.04. The molecule has 0 amide bonds. The monoisotopic (exact) mass is 259 g/mol. The molecule has 0 aromatic heterocycles. The summed E-state index contributed by atoms with van der Waals surface area (Å²) >= 11 is 6.18. The lowest BCUT2D eigenvalue weighted by Gasteiger charge is -2.09. The second-order valence-corrected chi connectivity index (χ2v) is 4.91. The van der Waals surface area contributed by atoms with Crippen molar-refractivity contribution < 1.29 is 0 Å². The number of halogens is 1. The van der Waals surface area contributed by atoms with Gasteiger partial charge in [0.2, 0.25) is 0 Å². The topological polar surface area (TPSA) is 12.0 Å². The Morgan fingerprint density at radius 2 is 1.67 bits per heavy atom. The van der Waals surface area contributed by atoms with Crippen molar-refractivity contribution in [3.05, 3.63) is 64.2 Å². The average Bonchev–Trinajstić information content (AvgIpc) is 2.38. The highest BCUT2D eigenvalue weighted by Gasteiger charge is 2.00. The van der Waals surface area contributed by atoms with Gasteiger partial charge in [0.15, 0.2) is 0 Å². The van der Waals surface area contributed by atoms with Crippen LogP contribution in [0.2, 0.25) is 5.02 Å². The van der Waals surface area contributed by atoms with E-state index in [0.717, 1.165) is 23.7 Å². The van der Waals surface area contributed by atoms with Crippen LogP contribution in [0.15, 0.2) is 42.5 Å². The molecule has 2 aromatic carbocycles. The van der Waals surface area contributed by atoms with Crippen molar-refractivity contribution >= 4 is 17.3 Å². The molecule has 0 spiro atoms. The molecule has 0 bridgehead atoms. The molecule has 0 radical (unpaired) electrons. The molecule has 0 saturated heterocycles. The molecule has 0 aliphatic carbocycles. The lowest BCUT2D eigenvalue weighted by atomic mass is 10.1. The predicted octanol–water partition coefficient (Wildman–Crippen LogP) is 4.82. The number of anilines is 1. The van der Waals surface area contributed by atoms with Crippen molar-refractivity contribution in [1.29, 1.82) is 0 Å². The minimum atomic E-state index is 0.778. The molecule has 0 fully saturated rings. The van der Waals surface area contributed by atoms with Crippen molar-refractivity contribution in [2.45, 2.75) is 26.8 Å². The van der Waals surface area contributed by atoms with Crippen LogP contribution in [0.5, 0.6) is 0 Å². The van der Waals surface area contributed by atoms with E-state index in [0.29, 0.717) is 0 Å². The van der Waals surface area contributed by atoms with Gasteiger partial charge in [-0.05, 0) is 42.2 Å². The van der Waals surface area contributed by atoms with Gasteiger partial charge < -0.3 is 5.32 Å². The lowest BCUT2D eigenvalue weighted by Crippen LogP contribution is -2.00. The Balaban J connectivity index is 2.02. The maximum absolute atomic E-state index is 6.18. The van der Waals surface area contributed by atoms with E-state index in [1.54, 1.807) is 0 Å². The van der Waals surface area contributed by atoms with Crippen LogP contribution in [0, 0.1) is 6.92 Å². The second-order valence-electron chi connectivity index (χ2n) is 4.51. The van der Waals surface area contributed by atoms with Crippen LogP contribution < -0.4 is 5.32 Å². The Hall–Kier alpha value is -1.47. The van der Waals surface area contributed by atoms with Crippen LogP contribution in [-0.2, 0) is 13.0 Å². The fraction of sp³-hybridized carbons (Fsp3) is 0.250. The predicted molar refractivity (Wildman–Crippen MR) is 79.3 cm³/mol. The summed E-state index contributed by atoms with van der Waals surface area (Å²) in [7, 11) is 0. The Kier molecular flexibility index (Phi) is 4.27. The zero-order valence-electron chi connectivity index (χ0n) is 10.8. The van der Waals surface area contributed by atoms with E-state index in [1.807, 2.05) is 19.1 Å². The van der Waals surface area contributed by atoms with Crippen molar-refractivity contribution in [1.82, 2.24) is 0 Å². The molecular formula is C16H18ClN. The van der Waals surface area contributed by atoms with E-state index in [-0.39, 0.29) is 0 Å². The summed E-state index contributed by atoms with van der Waals surface area (Å²) in [5.74, 6) is 0. The first-order valence-corrected chi connectivity index (χ1v) is 6.64. The third kappa shape index (κ3) is 3.27. The summed E-state index contributed by atoms with van der Waals surface area (Å²) in [4.78, 5) is 0. The zero-order valence-corrected chi connectivity index (χ0v) is 11.6. The zero-order chi connectivity index (χ0) is 13.0. The van der Waals surface area contributed by atoms with E-state index in [9.17, 15) is 0 Å². The highest BCUT2D eigenvalue weighted by Crippen LogP contribution is 2.23. The van der Waals surface area contributed by atoms with Gasteiger partial charge in [-0.15, -0.1) is 0 Å². The number of rotatable bonds is 4. The van der Waals surface area contributed by atoms with E-state index in [4.69, 9.17) is 11.6 Å². The second kappa shape index (κ2) is 5.92. The van der Waals surface area contributed by atoms with Crippen molar-refractivity contribution in [2.24, 2.45) is 0 Å². The molecule has 1 N–H and O–H groups in total. The van der Waals surface area contributed by atoms with Gasteiger partial charge in [0.25, 0.3) is 0 Å².